The highest BCUT2D eigenvalue weighted by Gasteiger charge is 2.37. The van der Waals surface area contributed by atoms with Crippen molar-refractivity contribution in [2.75, 3.05) is 26.3 Å². The number of amides is 1. The van der Waals surface area contributed by atoms with Gasteiger partial charge in [0.2, 0.25) is 5.91 Å². The molecule has 0 spiro atoms. The minimum Gasteiger partial charge on any atom is -0.394 e. The number of nitrogens with two attached hydrogens (primary N) is 1. The summed E-state index contributed by atoms with van der Waals surface area (Å²) in [6.07, 6.45) is 2.90. The first-order valence-corrected chi connectivity index (χ1v) is 6.90. The number of carbonyl (C=O) groups excluding carboxylic acids is 1. The number of hydrogen-bond donors (Lipinski definition) is 2. The van der Waals surface area contributed by atoms with Gasteiger partial charge in [-0.1, -0.05) is 13.3 Å². The van der Waals surface area contributed by atoms with E-state index in [0.717, 1.165) is 19.3 Å². The SMILES string of the molecule is CC1CCCC(N)C1C(=O)N1CCOC(CO)C1. The van der Waals surface area contributed by atoms with E-state index < -0.39 is 0 Å². The van der Waals surface area contributed by atoms with Crippen LogP contribution in [0.1, 0.15) is 26.2 Å². The van der Waals surface area contributed by atoms with E-state index in [1.165, 1.54) is 0 Å². The third kappa shape index (κ3) is 2.84. The van der Waals surface area contributed by atoms with E-state index in [9.17, 15) is 4.79 Å². The molecular formula is C13H24N2O3. The van der Waals surface area contributed by atoms with Crippen molar-refractivity contribution in [2.45, 2.75) is 38.3 Å². The molecule has 4 unspecified atom stereocenters. The topological polar surface area (TPSA) is 75.8 Å². The van der Waals surface area contributed by atoms with Crippen molar-refractivity contribution in [3.8, 4) is 0 Å². The van der Waals surface area contributed by atoms with Gasteiger partial charge in [0.1, 0.15) is 0 Å². The van der Waals surface area contributed by atoms with Crippen molar-refractivity contribution >= 4 is 5.91 Å². The number of morpholine rings is 1. The molecule has 0 aromatic carbocycles. The van der Waals surface area contributed by atoms with Gasteiger partial charge < -0.3 is 20.5 Å². The van der Waals surface area contributed by atoms with Gasteiger partial charge in [-0.3, -0.25) is 4.79 Å². The molecule has 18 heavy (non-hydrogen) atoms. The molecule has 1 saturated heterocycles. The lowest BCUT2D eigenvalue weighted by molar-refractivity contribution is -0.147. The van der Waals surface area contributed by atoms with Gasteiger partial charge in [-0.2, -0.15) is 0 Å². The first kappa shape index (κ1) is 13.8. The van der Waals surface area contributed by atoms with Crippen LogP contribution in [0.4, 0.5) is 0 Å². The molecule has 2 aliphatic rings. The van der Waals surface area contributed by atoms with E-state index in [0.29, 0.717) is 25.6 Å². The molecule has 2 rings (SSSR count). The molecule has 104 valence electrons. The quantitative estimate of drug-likeness (QED) is 0.727. The second-order valence-corrected chi connectivity index (χ2v) is 5.56. The molecule has 1 aliphatic carbocycles. The number of aliphatic hydroxyl groups excluding tert-OH is 1. The molecule has 1 amide bonds. The van der Waals surface area contributed by atoms with Crippen molar-refractivity contribution < 1.29 is 14.6 Å². The maximum absolute atomic E-state index is 12.5. The Kier molecular flexibility index (Phi) is 4.59. The second-order valence-electron chi connectivity index (χ2n) is 5.56. The van der Waals surface area contributed by atoms with Gasteiger partial charge in [-0.25, -0.2) is 0 Å². The summed E-state index contributed by atoms with van der Waals surface area (Å²) in [5, 5.41) is 9.12. The van der Waals surface area contributed by atoms with Crippen LogP contribution in [-0.4, -0.2) is 54.4 Å². The van der Waals surface area contributed by atoms with E-state index in [1.807, 2.05) is 4.90 Å². The van der Waals surface area contributed by atoms with Gasteiger partial charge in [-0.15, -0.1) is 0 Å². The first-order valence-electron chi connectivity index (χ1n) is 6.90. The molecule has 0 aromatic heterocycles. The van der Waals surface area contributed by atoms with Crippen LogP contribution in [0, 0.1) is 11.8 Å². The number of carbonyl (C=O) groups is 1. The average Bonchev–Trinajstić information content (AvgIpc) is 2.38. The normalized spacial score (nSPS) is 37.6. The Hall–Kier alpha value is -0.650. The number of nitrogens with zero attached hydrogens (tertiary/aromatic N) is 1. The van der Waals surface area contributed by atoms with Crippen molar-refractivity contribution in [1.82, 2.24) is 4.90 Å². The molecule has 3 N–H and O–H groups in total. The lowest BCUT2D eigenvalue weighted by Crippen LogP contribution is -2.54. The van der Waals surface area contributed by atoms with Crippen LogP contribution >= 0.6 is 0 Å². The number of ether oxygens (including phenoxy) is 1. The largest absolute Gasteiger partial charge is 0.394 e. The lowest BCUT2D eigenvalue weighted by Gasteiger charge is -2.39. The van der Waals surface area contributed by atoms with Gasteiger partial charge in [0.25, 0.3) is 0 Å². The Bertz CT molecular complexity index is 288. The molecule has 1 aliphatic heterocycles. The molecule has 2 fully saturated rings. The first-order chi connectivity index (χ1) is 8.63. The molecule has 0 radical (unpaired) electrons. The highest BCUT2D eigenvalue weighted by molar-refractivity contribution is 5.80. The minimum absolute atomic E-state index is 0.0170. The summed E-state index contributed by atoms with van der Waals surface area (Å²) >= 11 is 0. The molecule has 1 heterocycles. The molecule has 5 heteroatoms. The van der Waals surface area contributed by atoms with Gasteiger partial charge in [0.05, 0.1) is 25.2 Å². The molecule has 4 atom stereocenters. The van der Waals surface area contributed by atoms with Crippen LogP contribution in [0.15, 0.2) is 0 Å². The van der Waals surface area contributed by atoms with Gasteiger partial charge >= 0.3 is 0 Å². The summed E-state index contributed by atoms with van der Waals surface area (Å²) in [4.78, 5) is 14.4. The van der Waals surface area contributed by atoms with E-state index in [4.69, 9.17) is 15.6 Å². The third-order valence-corrected chi connectivity index (χ3v) is 4.21. The predicted molar refractivity (Wildman–Crippen MR) is 67.9 cm³/mol. The fourth-order valence-corrected chi connectivity index (χ4v) is 3.12. The molecule has 0 bridgehead atoms. The van der Waals surface area contributed by atoms with Crippen LogP contribution in [0.5, 0.6) is 0 Å². The molecular weight excluding hydrogens is 232 g/mol. The third-order valence-electron chi connectivity index (χ3n) is 4.21. The van der Waals surface area contributed by atoms with E-state index >= 15 is 0 Å². The Labute approximate surface area is 108 Å². The zero-order valence-electron chi connectivity index (χ0n) is 11.0. The maximum atomic E-state index is 12.5. The highest BCUT2D eigenvalue weighted by atomic mass is 16.5. The summed E-state index contributed by atoms with van der Waals surface area (Å²) in [5.74, 6) is 0.448. The summed E-state index contributed by atoms with van der Waals surface area (Å²) in [6.45, 7) is 3.70. The van der Waals surface area contributed by atoms with Gasteiger partial charge in [0, 0.05) is 19.1 Å². The molecule has 5 nitrogen and oxygen atoms in total. The number of hydrogen-bond acceptors (Lipinski definition) is 4. The van der Waals surface area contributed by atoms with Crippen LogP contribution in [0.25, 0.3) is 0 Å². The van der Waals surface area contributed by atoms with Crippen LogP contribution in [0.2, 0.25) is 0 Å². The highest BCUT2D eigenvalue weighted by Crippen LogP contribution is 2.30. The van der Waals surface area contributed by atoms with Crippen LogP contribution < -0.4 is 5.73 Å². The van der Waals surface area contributed by atoms with Crippen molar-refractivity contribution in [2.24, 2.45) is 17.6 Å². The minimum atomic E-state index is -0.238. The number of aliphatic hydroxyl groups is 1. The zero-order chi connectivity index (χ0) is 13.1. The second kappa shape index (κ2) is 5.99. The Balaban J connectivity index is 2.00. The van der Waals surface area contributed by atoms with Crippen molar-refractivity contribution in [3.63, 3.8) is 0 Å². The summed E-state index contributed by atoms with van der Waals surface area (Å²) in [7, 11) is 0. The summed E-state index contributed by atoms with van der Waals surface area (Å²) < 4.78 is 5.37. The van der Waals surface area contributed by atoms with Crippen molar-refractivity contribution in [1.29, 1.82) is 0 Å². The molecule has 1 saturated carbocycles. The summed E-state index contributed by atoms with van der Waals surface area (Å²) in [5.41, 5.74) is 6.12. The smallest absolute Gasteiger partial charge is 0.227 e. The fourth-order valence-electron chi connectivity index (χ4n) is 3.12. The molecule has 0 aromatic rings. The van der Waals surface area contributed by atoms with E-state index in [2.05, 4.69) is 6.92 Å². The summed E-state index contributed by atoms with van der Waals surface area (Å²) in [6, 6.07) is -0.0170. The average molecular weight is 256 g/mol. The fraction of sp³-hybridized carbons (Fsp3) is 0.923. The Morgan fingerprint density at radius 2 is 2.28 bits per heavy atom. The Morgan fingerprint density at radius 1 is 1.50 bits per heavy atom. The standard InChI is InChI=1S/C13H24N2O3/c1-9-3-2-4-11(14)12(9)13(17)15-5-6-18-10(7-15)8-16/h9-12,16H,2-8,14H2,1H3. The van der Waals surface area contributed by atoms with Crippen LogP contribution in [0.3, 0.4) is 0 Å². The van der Waals surface area contributed by atoms with E-state index in [1.54, 1.807) is 0 Å². The monoisotopic (exact) mass is 256 g/mol. The van der Waals surface area contributed by atoms with Gasteiger partial charge in [0.15, 0.2) is 0 Å². The zero-order valence-corrected chi connectivity index (χ0v) is 11.0. The number of rotatable bonds is 2. The van der Waals surface area contributed by atoms with Crippen molar-refractivity contribution in [3.05, 3.63) is 0 Å². The van der Waals surface area contributed by atoms with E-state index in [-0.39, 0.29) is 30.6 Å². The van der Waals surface area contributed by atoms with Crippen LogP contribution in [-0.2, 0) is 9.53 Å². The predicted octanol–water partition coefficient (Wildman–Crippen LogP) is -0.0304. The Morgan fingerprint density at radius 3 is 2.94 bits per heavy atom. The maximum Gasteiger partial charge on any atom is 0.227 e. The van der Waals surface area contributed by atoms with Gasteiger partial charge in [-0.05, 0) is 18.8 Å². The lowest BCUT2D eigenvalue weighted by atomic mass is 9.76.